The second-order valence-electron chi connectivity index (χ2n) is 10.4. The van der Waals surface area contributed by atoms with Crippen LogP contribution in [0.1, 0.15) is 42.3 Å². The Kier molecular flexibility index (Phi) is 7.90. The fourth-order valence-corrected chi connectivity index (χ4v) is 5.20. The van der Waals surface area contributed by atoms with E-state index in [1.54, 1.807) is 44.7 Å². The van der Waals surface area contributed by atoms with Crippen LogP contribution in [0.2, 0.25) is 0 Å². The van der Waals surface area contributed by atoms with Crippen LogP contribution in [-0.4, -0.2) is 42.2 Å². The van der Waals surface area contributed by atoms with E-state index in [1.165, 1.54) is 6.26 Å². The molecule has 10 heteroatoms. The van der Waals surface area contributed by atoms with Gasteiger partial charge in [0.05, 0.1) is 30.0 Å². The van der Waals surface area contributed by atoms with Crippen molar-refractivity contribution in [1.29, 1.82) is 0 Å². The minimum atomic E-state index is -0.234. The van der Waals surface area contributed by atoms with Crippen molar-refractivity contribution in [2.24, 2.45) is 7.05 Å². The minimum absolute atomic E-state index is 0.171. The molecule has 0 bridgehead atoms. The van der Waals surface area contributed by atoms with Crippen molar-refractivity contribution in [2.75, 3.05) is 11.4 Å². The molecule has 0 N–H and O–H groups in total. The van der Waals surface area contributed by atoms with Gasteiger partial charge in [0, 0.05) is 24.8 Å². The lowest BCUT2D eigenvalue weighted by Gasteiger charge is -2.22. The number of aryl methyl sites for hydroxylation is 1. The Bertz CT molecular complexity index is 1920. The van der Waals surface area contributed by atoms with Crippen LogP contribution in [0.25, 0.3) is 33.4 Å². The Hall–Kier alpha value is -5.38. The first-order valence-electron chi connectivity index (χ1n) is 14.3. The number of hydrogen-bond donors (Lipinski definition) is 0. The molecule has 0 atom stereocenters. The molecule has 3 heterocycles. The quantitative estimate of drug-likeness (QED) is 0.192. The molecular formula is C33H31N7O3. The standard InChI is InChI=1S/C33H31N7O3/c1-3-4-7-18-40(33(42)30-11-8-19-43-30)25-16-17-29-28(20-25)32(41)39(22-34-29)21-23-12-14-24(15-13-23)26-9-5-6-10-27(26)31-35-36-37-38(31)2/h5-6,8-17,19-20,22H,3-4,7,18,21H2,1-2H3. The molecule has 6 rings (SSSR count). The predicted octanol–water partition coefficient (Wildman–Crippen LogP) is 5.73. The summed E-state index contributed by atoms with van der Waals surface area (Å²) in [7, 11) is 1.81. The Balaban J connectivity index is 1.28. The number of amides is 1. The summed E-state index contributed by atoms with van der Waals surface area (Å²) in [5.74, 6) is 0.712. The summed E-state index contributed by atoms with van der Waals surface area (Å²) in [5, 5.41) is 12.4. The first kappa shape index (κ1) is 27.8. The lowest BCUT2D eigenvalue weighted by molar-refractivity contribution is 0.0960. The molecule has 0 radical (unpaired) electrons. The number of anilines is 1. The third kappa shape index (κ3) is 5.72. The maximum absolute atomic E-state index is 13.6. The smallest absolute Gasteiger partial charge is 0.293 e. The molecule has 3 aromatic heterocycles. The molecule has 0 saturated carbocycles. The van der Waals surface area contributed by atoms with Crippen molar-refractivity contribution in [1.82, 2.24) is 29.8 Å². The maximum Gasteiger partial charge on any atom is 0.293 e. The highest BCUT2D eigenvalue weighted by Crippen LogP contribution is 2.30. The van der Waals surface area contributed by atoms with E-state index in [0.717, 1.165) is 41.5 Å². The molecule has 0 fully saturated rings. The first-order chi connectivity index (χ1) is 21.0. The molecule has 0 unspecified atom stereocenters. The largest absolute Gasteiger partial charge is 0.459 e. The molecule has 0 aliphatic heterocycles. The van der Waals surface area contributed by atoms with Gasteiger partial charge in [0.2, 0.25) is 0 Å². The highest BCUT2D eigenvalue weighted by atomic mass is 16.3. The van der Waals surface area contributed by atoms with Gasteiger partial charge in [-0.05, 0) is 63.9 Å². The molecule has 0 saturated heterocycles. The first-order valence-corrected chi connectivity index (χ1v) is 14.3. The highest BCUT2D eigenvalue weighted by Gasteiger charge is 2.21. The van der Waals surface area contributed by atoms with Gasteiger partial charge in [0.15, 0.2) is 11.6 Å². The Morgan fingerprint density at radius 2 is 1.77 bits per heavy atom. The maximum atomic E-state index is 13.6. The number of unbranched alkanes of at least 4 members (excludes halogenated alkanes) is 2. The summed E-state index contributed by atoms with van der Waals surface area (Å²) in [6.07, 6.45) is 5.92. The zero-order chi connectivity index (χ0) is 29.8. The van der Waals surface area contributed by atoms with Crippen LogP contribution in [0.3, 0.4) is 0 Å². The van der Waals surface area contributed by atoms with E-state index >= 15 is 0 Å². The number of nitrogens with zero attached hydrogens (tertiary/aromatic N) is 7. The van der Waals surface area contributed by atoms with Crippen molar-refractivity contribution < 1.29 is 9.21 Å². The Morgan fingerprint density at radius 1 is 0.953 bits per heavy atom. The third-order valence-electron chi connectivity index (χ3n) is 7.49. The molecule has 43 heavy (non-hydrogen) atoms. The van der Waals surface area contributed by atoms with Crippen LogP contribution >= 0.6 is 0 Å². The topological polar surface area (TPSA) is 112 Å². The molecule has 3 aromatic carbocycles. The van der Waals surface area contributed by atoms with E-state index in [9.17, 15) is 9.59 Å². The van der Waals surface area contributed by atoms with Gasteiger partial charge in [-0.15, -0.1) is 5.10 Å². The minimum Gasteiger partial charge on any atom is -0.459 e. The van der Waals surface area contributed by atoms with E-state index in [1.807, 2.05) is 61.6 Å². The van der Waals surface area contributed by atoms with E-state index in [4.69, 9.17) is 4.42 Å². The summed E-state index contributed by atoms with van der Waals surface area (Å²) in [6, 6.07) is 24.8. The van der Waals surface area contributed by atoms with E-state index in [2.05, 4.69) is 27.4 Å². The van der Waals surface area contributed by atoms with Gasteiger partial charge >= 0.3 is 0 Å². The van der Waals surface area contributed by atoms with Gasteiger partial charge in [-0.1, -0.05) is 68.3 Å². The average molecular weight is 574 g/mol. The van der Waals surface area contributed by atoms with Gasteiger partial charge in [0.25, 0.3) is 11.5 Å². The summed E-state index contributed by atoms with van der Waals surface area (Å²) in [6.45, 7) is 3.00. The zero-order valence-electron chi connectivity index (χ0n) is 24.1. The summed E-state index contributed by atoms with van der Waals surface area (Å²) >= 11 is 0. The molecule has 0 aliphatic rings. The lowest BCUT2D eigenvalue weighted by atomic mass is 9.98. The number of carbonyl (C=O) groups is 1. The summed E-state index contributed by atoms with van der Waals surface area (Å²) in [5.41, 5.74) is 4.96. The summed E-state index contributed by atoms with van der Waals surface area (Å²) < 4.78 is 8.63. The number of benzene rings is 3. The van der Waals surface area contributed by atoms with Gasteiger partial charge in [-0.2, -0.15) is 0 Å². The fraction of sp³-hybridized carbons (Fsp3) is 0.212. The van der Waals surface area contributed by atoms with Crippen molar-refractivity contribution in [3.8, 4) is 22.5 Å². The normalized spacial score (nSPS) is 11.2. The molecule has 0 aliphatic carbocycles. The van der Waals surface area contributed by atoms with Crippen LogP contribution in [0.4, 0.5) is 5.69 Å². The third-order valence-corrected chi connectivity index (χ3v) is 7.49. The molecule has 216 valence electrons. The van der Waals surface area contributed by atoms with Crippen LogP contribution < -0.4 is 10.5 Å². The van der Waals surface area contributed by atoms with Crippen molar-refractivity contribution in [3.63, 3.8) is 0 Å². The molecule has 1 amide bonds. The molecule has 6 aromatic rings. The number of carbonyl (C=O) groups excluding carboxylic acids is 1. The fourth-order valence-electron chi connectivity index (χ4n) is 5.20. The van der Waals surface area contributed by atoms with Crippen molar-refractivity contribution in [2.45, 2.75) is 32.7 Å². The number of rotatable bonds is 10. The van der Waals surface area contributed by atoms with E-state index in [0.29, 0.717) is 35.5 Å². The van der Waals surface area contributed by atoms with Gasteiger partial charge in [-0.25, -0.2) is 9.67 Å². The Labute approximate surface area is 248 Å². The number of fused-ring (bicyclic) bond motifs is 1. The highest BCUT2D eigenvalue weighted by molar-refractivity contribution is 6.05. The molecule has 10 nitrogen and oxygen atoms in total. The number of tetrazole rings is 1. The van der Waals surface area contributed by atoms with Crippen LogP contribution in [0, 0.1) is 0 Å². The van der Waals surface area contributed by atoms with Crippen LogP contribution in [-0.2, 0) is 13.6 Å². The van der Waals surface area contributed by atoms with Crippen LogP contribution in [0.5, 0.6) is 0 Å². The summed E-state index contributed by atoms with van der Waals surface area (Å²) in [4.78, 5) is 33.2. The van der Waals surface area contributed by atoms with Crippen molar-refractivity contribution in [3.05, 3.63) is 113 Å². The van der Waals surface area contributed by atoms with E-state index < -0.39 is 0 Å². The SMILES string of the molecule is CCCCCN(C(=O)c1ccco1)c1ccc2ncn(Cc3ccc(-c4ccccc4-c4nnnn4C)cc3)c(=O)c2c1. The molecule has 0 spiro atoms. The van der Waals surface area contributed by atoms with Gasteiger partial charge < -0.3 is 9.32 Å². The number of hydrogen-bond acceptors (Lipinski definition) is 7. The van der Waals surface area contributed by atoms with Gasteiger partial charge in [0.1, 0.15) is 0 Å². The zero-order valence-corrected chi connectivity index (χ0v) is 24.1. The number of aromatic nitrogens is 6. The Morgan fingerprint density at radius 3 is 2.49 bits per heavy atom. The number of furan rings is 1. The van der Waals surface area contributed by atoms with Crippen LogP contribution in [0.15, 0.2) is 101 Å². The van der Waals surface area contributed by atoms with Crippen molar-refractivity contribution >= 4 is 22.5 Å². The monoisotopic (exact) mass is 573 g/mol. The average Bonchev–Trinajstić information content (AvgIpc) is 3.73. The van der Waals surface area contributed by atoms with E-state index in [-0.39, 0.29) is 17.2 Å². The predicted molar refractivity (Wildman–Crippen MR) is 165 cm³/mol. The second kappa shape index (κ2) is 12.2. The van der Waals surface area contributed by atoms with Gasteiger partial charge in [-0.3, -0.25) is 14.2 Å². The molecular weight excluding hydrogens is 542 g/mol. The lowest BCUT2D eigenvalue weighted by Crippen LogP contribution is -2.32. The second-order valence-corrected chi connectivity index (χ2v) is 10.4.